The summed E-state index contributed by atoms with van der Waals surface area (Å²) >= 11 is 0. The van der Waals surface area contributed by atoms with Gasteiger partial charge >= 0.3 is 0 Å². The lowest BCUT2D eigenvalue weighted by Crippen LogP contribution is -2.20. The molecule has 0 heterocycles. The van der Waals surface area contributed by atoms with Crippen molar-refractivity contribution < 1.29 is 9.72 Å². The molecule has 0 aliphatic rings. The predicted molar refractivity (Wildman–Crippen MR) is 74.4 cm³/mol. The van der Waals surface area contributed by atoms with Gasteiger partial charge in [0.2, 0.25) is 0 Å². The van der Waals surface area contributed by atoms with Gasteiger partial charge in [0.05, 0.1) is 10.3 Å². The Kier molecular flexibility index (Phi) is 3.10. The molecule has 0 aromatic heterocycles. The van der Waals surface area contributed by atoms with Crippen LogP contribution in [0, 0.1) is 15.5 Å². The lowest BCUT2D eigenvalue weighted by Gasteiger charge is -2.16. The minimum Gasteiger partial charge on any atom is -0.294 e. The Balaban J connectivity index is 2.72. The summed E-state index contributed by atoms with van der Waals surface area (Å²) in [7, 11) is 0. The monoisotopic (exact) mass is 257 g/mol. The summed E-state index contributed by atoms with van der Waals surface area (Å²) in [6, 6.07) is 10.1. The van der Waals surface area contributed by atoms with Crippen molar-refractivity contribution in [3.8, 4) is 0 Å². The number of hydrogen-bond donors (Lipinski definition) is 0. The number of nitrogens with zero attached hydrogens (tertiary/aromatic N) is 1. The molecule has 98 valence electrons. The minimum atomic E-state index is -0.559. The maximum Gasteiger partial charge on any atom is 0.277 e. The second-order valence-corrected chi connectivity index (χ2v) is 5.55. The first-order valence-electron chi connectivity index (χ1n) is 6.02. The minimum absolute atomic E-state index is 0.0225. The zero-order chi connectivity index (χ0) is 14.2. The number of ketones is 1. The Morgan fingerprint density at radius 1 is 1.16 bits per heavy atom. The largest absolute Gasteiger partial charge is 0.294 e. The molecule has 0 unspecified atom stereocenters. The highest BCUT2D eigenvalue weighted by Crippen LogP contribution is 2.30. The van der Waals surface area contributed by atoms with Crippen molar-refractivity contribution in [2.75, 3.05) is 0 Å². The van der Waals surface area contributed by atoms with Crippen LogP contribution in [0.15, 0.2) is 36.4 Å². The number of non-ortho nitro benzene ring substituents is 1. The smallest absolute Gasteiger partial charge is 0.277 e. The van der Waals surface area contributed by atoms with E-state index < -0.39 is 10.3 Å². The standard InChI is InChI=1S/C15H15NO3/c1-15(2,3)14(17)11-8-10-6-4-5-7-12(10)13(9-11)16(18)19/h4-9H,1-3H3. The fourth-order valence-electron chi connectivity index (χ4n) is 2.01. The van der Waals surface area contributed by atoms with Gasteiger partial charge in [-0.25, -0.2) is 0 Å². The van der Waals surface area contributed by atoms with E-state index in [4.69, 9.17) is 0 Å². The van der Waals surface area contributed by atoms with Crippen molar-refractivity contribution >= 4 is 22.2 Å². The highest BCUT2D eigenvalue weighted by atomic mass is 16.6. The molecule has 0 amide bonds. The Labute approximate surface area is 111 Å². The van der Waals surface area contributed by atoms with E-state index >= 15 is 0 Å². The van der Waals surface area contributed by atoms with Gasteiger partial charge in [0.1, 0.15) is 0 Å². The third kappa shape index (κ3) is 2.47. The molecule has 2 rings (SSSR count). The topological polar surface area (TPSA) is 60.2 Å². The van der Waals surface area contributed by atoms with Gasteiger partial charge in [-0.1, -0.05) is 39.0 Å². The fraction of sp³-hybridized carbons (Fsp3) is 0.267. The molecule has 0 radical (unpaired) electrons. The number of carbonyl (C=O) groups excluding carboxylic acids is 1. The van der Waals surface area contributed by atoms with Crippen molar-refractivity contribution in [3.63, 3.8) is 0 Å². The number of Topliss-reactive ketones (excluding diaryl/α,β-unsaturated/α-hetero) is 1. The third-order valence-electron chi connectivity index (χ3n) is 2.98. The van der Waals surface area contributed by atoms with Gasteiger partial charge in [0.25, 0.3) is 5.69 Å². The van der Waals surface area contributed by atoms with Crippen LogP contribution >= 0.6 is 0 Å². The molecule has 0 fully saturated rings. The SMILES string of the molecule is CC(C)(C)C(=O)c1cc([N+](=O)[O-])c2ccccc2c1. The van der Waals surface area contributed by atoms with Gasteiger partial charge in [-0.05, 0) is 17.5 Å². The number of fused-ring (bicyclic) bond motifs is 1. The van der Waals surface area contributed by atoms with Crippen LogP contribution < -0.4 is 0 Å². The number of rotatable bonds is 2. The van der Waals surface area contributed by atoms with Gasteiger partial charge in [-0.2, -0.15) is 0 Å². The molecule has 19 heavy (non-hydrogen) atoms. The van der Waals surface area contributed by atoms with Crippen LogP contribution in [-0.4, -0.2) is 10.7 Å². The fourth-order valence-corrected chi connectivity index (χ4v) is 2.01. The number of benzene rings is 2. The van der Waals surface area contributed by atoms with Gasteiger partial charge < -0.3 is 0 Å². The van der Waals surface area contributed by atoms with Crippen LogP contribution in [0.2, 0.25) is 0 Å². The van der Waals surface area contributed by atoms with Gasteiger partial charge in [-0.3, -0.25) is 14.9 Å². The summed E-state index contributed by atoms with van der Waals surface area (Å²) < 4.78 is 0. The Morgan fingerprint density at radius 3 is 2.37 bits per heavy atom. The first-order chi connectivity index (χ1) is 8.80. The Morgan fingerprint density at radius 2 is 1.79 bits per heavy atom. The average molecular weight is 257 g/mol. The van der Waals surface area contributed by atoms with Crippen molar-refractivity contribution in [1.29, 1.82) is 0 Å². The maximum atomic E-state index is 12.3. The molecule has 0 saturated carbocycles. The molecule has 4 nitrogen and oxygen atoms in total. The predicted octanol–water partition coefficient (Wildman–Crippen LogP) is 3.98. The van der Waals surface area contributed by atoms with Gasteiger partial charge in [0, 0.05) is 17.0 Å². The van der Waals surface area contributed by atoms with Crippen molar-refractivity contribution in [1.82, 2.24) is 0 Å². The van der Waals surface area contributed by atoms with Crippen molar-refractivity contribution in [3.05, 3.63) is 52.1 Å². The molecule has 0 atom stereocenters. The summed E-state index contributed by atoms with van der Waals surface area (Å²) in [5.74, 6) is -0.0960. The van der Waals surface area contributed by atoms with Crippen molar-refractivity contribution in [2.24, 2.45) is 5.41 Å². The number of hydrogen-bond acceptors (Lipinski definition) is 3. The van der Waals surface area contributed by atoms with E-state index in [0.29, 0.717) is 16.3 Å². The van der Waals surface area contributed by atoms with E-state index in [9.17, 15) is 14.9 Å². The molecule has 0 saturated heterocycles. The average Bonchev–Trinajstić information content (AvgIpc) is 2.35. The summed E-state index contributed by atoms with van der Waals surface area (Å²) in [4.78, 5) is 23.0. The first kappa shape index (κ1) is 13.2. The van der Waals surface area contributed by atoms with Crippen LogP contribution in [-0.2, 0) is 0 Å². The summed E-state index contributed by atoms with van der Waals surface area (Å²) in [5.41, 5.74) is -0.195. The molecule has 0 spiro atoms. The lowest BCUT2D eigenvalue weighted by molar-refractivity contribution is -0.383. The highest BCUT2D eigenvalue weighted by Gasteiger charge is 2.25. The van der Waals surface area contributed by atoms with E-state index in [-0.39, 0.29) is 11.5 Å². The van der Waals surface area contributed by atoms with E-state index in [1.165, 1.54) is 6.07 Å². The Hall–Kier alpha value is -2.23. The summed E-state index contributed by atoms with van der Waals surface area (Å²) in [6.45, 7) is 5.41. The summed E-state index contributed by atoms with van der Waals surface area (Å²) in [5, 5.41) is 12.4. The molecular weight excluding hydrogens is 242 g/mol. The second kappa shape index (κ2) is 4.46. The number of nitro groups is 1. The Bertz CT molecular complexity index is 669. The summed E-state index contributed by atoms with van der Waals surface area (Å²) in [6.07, 6.45) is 0. The normalized spacial score (nSPS) is 11.5. The lowest BCUT2D eigenvalue weighted by atomic mass is 9.85. The maximum absolute atomic E-state index is 12.3. The zero-order valence-corrected chi connectivity index (χ0v) is 11.1. The number of carbonyl (C=O) groups is 1. The molecule has 2 aromatic rings. The molecular formula is C15H15NO3. The molecule has 4 heteroatoms. The van der Waals surface area contributed by atoms with Gasteiger partial charge in [0.15, 0.2) is 5.78 Å². The van der Waals surface area contributed by atoms with Crippen molar-refractivity contribution in [2.45, 2.75) is 20.8 Å². The molecule has 2 aromatic carbocycles. The van der Waals surface area contributed by atoms with Crippen LogP contribution in [0.1, 0.15) is 31.1 Å². The molecule has 0 N–H and O–H groups in total. The quantitative estimate of drug-likeness (QED) is 0.464. The first-order valence-corrected chi connectivity index (χ1v) is 6.02. The van der Waals surface area contributed by atoms with E-state index in [2.05, 4.69) is 0 Å². The van der Waals surface area contributed by atoms with Crippen LogP contribution in [0.3, 0.4) is 0 Å². The zero-order valence-electron chi connectivity index (χ0n) is 11.1. The van der Waals surface area contributed by atoms with Crippen LogP contribution in [0.25, 0.3) is 10.8 Å². The molecule has 0 aliphatic carbocycles. The van der Waals surface area contributed by atoms with E-state index in [0.717, 1.165) is 0 Å². The molecule has 0 aliphatic heterocycles. The van der Waals surface area contributed by atoms with E-state index in [1.54, 1.807) is 51.1 Å². The highest BCUT2D eigenvalue weighted by molar-refractivity contribution is 6.05. The third-order valence-corrected chi connectivity index (χ3v) is 2.98. The van der Waals surface area contributed by atoms with Crippen LogP contribution in [0.5, 0.6) is 0 Å². The second-order valence-electron chi connectivity index (χ2n) is 5.55. The number of nitro benzene ring substituents is 1. The van der Waals surface area contributed by atoms with Crippen LogP contribution in [0.4, 0.5) is 5.69 Å². The van der Waals surface area contributed by atoms with E-state index in [1.807, 2.05) is 0 Å². The molecule has 0 bridgehead atoms. The van der Waals surface area contributed by atoms with Gasteiger partial charge in [-0.15, -0.1) is 0 Å².